The summed E-state index contributed by atoms with van der Waals surface area (Å²) in [5.74, 6) is 0. The number of hydrogen-bond acceptors (Lipinski definition) is 2. The molecule has 2 aromatic carbocycles. The van der Waals surface area contributed by atoms with Crippen LogP contribution in [-0.4, -0.2) is 5.11 Å². The molecule has 0 bridgehead atoms. The summed E-state index contributed by atoms with van der Waals surface area (Å²) in [6.07, 6.45) is 0. The smallest absolute Gasteiger partial charge is 0.0685 e. The molecule has 0 radical (unpaired) electrons. The van der Waals surface area contributed by atoms with Crippen LogP contribution in [0.2, 0.25) is 0 Å². The predicted octanol–water partition coefficient (Wildman–Crippen LogP) is 3.54. The summed E-state index contributed by atoms with van der Waals surface area (Å²) in [6.45, 7) is 3.78. The van der Waals surface area contributed by atoms with Gasteiger partial charge in [0.1, 0.15) is 0 Å². The normalized spacial score (nSPS) is 10.7. The van der Waals surface area contributed by atoms with E-state index in [4.69, 9.17) is 0 Å². The van der Waals surface area contributed by atoms with Crippen LogP contribution in [0.4, 0.5) is 0 Å². The first-order chi connectivity index (χ1) is 9.20. The number of aliphatic hydroxyl groups is 1. The second-order valence-corrected chi connectivity index (χ2v) is 5.47. The van der Waals surface area contributed by atoms with Crippen molar-refractivity contribution in [3.05, 3.63) is 69.2 Å². The summed E-state index contributed by atoms with van der Waals surface area (Å²) in [4.78, 5) is 0. The first-order valence-electron chi connectivity index (χ1n) is 6.34. The molecule has 0 spiro atoms. The molecular weight excluding hydrogens is 302 g/mol. The van der Waals surface area contributed by atoms with Gasteiger partial charge in [-0.15, -0.1) is 0 Å². The third-order valence-corrected chi connectivity index (χ3v) is 4.05. The Bertz CT molecular complexity index is 554. The second kappa shape index (κ2) is 6.85. The van der Waals surface area contributed by atoms with Crippen LogP contribution in [0.3, 0.4) is 0 Å². The molecule has 0 unspecified atom stereocenters. The zero-order chi connectivity index (χ0) is 13.7. The van der Waals surface area contributed by atoms with Gasteiger partial charge in [-0.1, -0.05) is 52.3 Å². The molecule has 0 fully saturated rings. The maximum absolute atomic E-state index is 9.27. The molecular formula is C16H18BrNO. The fourth-order valence-corrected chi connectivity index (χ4v) is 2.29. The van der Waals surface area contributed by atoms with E-state index in [-0.39, 0.29) is 6.61 Å². The molecule has 2 aromatic rings. The van der Waals surface area contributed by atoms with Crippen LogP contribution < -0.4 is 5.32 Å². The van der Waals surface area contributed by atoms with Gasteiger partial charge in [0.05, 0.1) is 6.61 Å². The highest BCUT2D eigenvalue weighted by molar-refractivity contribution is 9.10. The molecule has 2 rings (SSSR count). The van der Waals surface area contributed by atoms with Crippen molar-refractivity contribution in [3.8, 4) is 0 Å². The van der Waals surface area contributed by atoms with Crippen LogP contribution in [0, 0.1) is 6.92 Å². The van der Waals surface area contributed by atoms with Crippen molar-refractivity contribution >= 4 is 15.9 Å². The van der Waals surface area contributed by atoms with Gasteiger partial charge in [0.25, 0.3) is 0 Å². The maximum Gasteiger partial charge on any atom is 0.0685 e. The lowest BCUT2D eigenvalue weighted by Gasteiger charge is -2.09. The number of nitrogens with one attached hydrogen (secondary N) is 1. The number of hydrogen-bond donors (Lipinski definition) is 2. The average molecular weight is 320 g/mol. The van der Waals surface area contributed by atoms with E-state index < -0.39 is 0 Å². The Kier molecular flexibility index (Phi) is 5.14. The lowest BCUT2D eigenvalue weighted by molar-refractivity contribution is 0.280. The van der Waals surface area contributed by atoms with E-state index in [1.807, 2.05) is 24.3 Å². The molecule has 0 aromatic heterocycles. The first-order valence-corrected chi connectivity index (χ1v) is 7.13. The Morgan fingerprint density at radius 1 is 1.05 bits per heavy atom. The zero-order valence-corrected chi connectivity index (χ0v) is 12.6. The fraction of sp³-hybridized carbons (Fsp3) is 0.250. The monoisotopic (exact) mass is 319 g/mol. The number of aliphatic hydroxyl groups excluding tert-OH is 1. The third kappa shape index (κ3) is 3.90. The predicted molar refractivity (Wildman–Crippen MR) is 81.8 cm³/mol. The topological polar surface area (TPSA) is 32.3 Å². The van der Waals surface area contributed by atoms with Gasteiger partial charge in [0.15, 0.2) is 0 Å². The minimum Gasteiger partial charge on any atom is -0.392 e. The van der Waals surface area contributed by atoms with Crippen molar-refractivity contribution in [1.29, 1.82) is 0 Å². The summed E-state index contributed by atoms with van der Waals surface area (Å²) in [5.41, 5.74) is 4.65. The minimum absolute atomic E-state index is 0.0925. The maximum atomic E-state index is 9.27. The largest absolute Gasteiger partial charge is 0.392 e. The number of aryl methyl sites for hydroxylation is 1. The number of benzene rings is 2. The van der Waals surface area contributed by atoms with Crippen molar-refractivity contribution in [2.75, 3.05) is 0 Å². The van der Waals surface area contributed by atoms with Gasteiger partial charge in [0, 0.05) is 17.6 Å². The number of rotatable bonds is 5. The van der Waals surface area contributed by atoms with E-state index in [1.54, 1.807) is 0 Å². The summed E-state index contributed by atoms with van der Waals surface area (Å²) < 4.78 is 1.14. The van der Waals surface area contributed by atoms with Crippen molar-refractivity contribution in [2.45, 2.75) is 26.6 Å². The zero-order valence-electron chi connectivity index (χ0n) is 11.0. The van der Waals surface area contributed by atoms with Crippen LogP contribution in [0.5, 0.6) is 0 Å². The highest BCUT2D eigenvalue weighted by Crippen LogP contribution is 2.17. The molecule has 0 heterocycles. The van der Waals surface area contributed by atoms with E-state index in [9.17, 15) is 5.11 Å². The minimum atomic E-state index is 0.0925. The van der Waals surface area contributed by atoms with Crippen molar-refractivity contribution in [1.82, 2.24) is 5.32 Å². The molecule has 3 heteroatoms. The van der Waals surface area contributed by atoms with Gasteiger partial charge >= 0.3 is 0 Å². The van der Waals surface area contributed by atoms with E-state index in [1.165, 1.54) is 11.1 Å². The Morgan fingerprint density at radius 2 is 1.79 bits per heavy atom. The lowest BCUT2D eigenvalue weighted by atomic mass is 10.1. The summed E-state index contributed by atoms with van der Waals surface area (Å²) in [7, 11) is 0. The molecule has 2 nitrogen and oxygen atoms in total. The van der Waals surface area contributed by atoms with Crippen molar-refractivity contribution < 1.29 is 5.11 Å². The Balaban J connectivity index is 1.94. The van der Waals surface area contributed by atoms with Gasteiger partial charge in [-0.05, 0) is 35.2 Å². The van der Waals surface area contributed by atoms with Crippen molar-refractivity contribution in [3.63, 3.8) is 0 Å². The fourth-order valence-electron chi connectivity index (χ4n) is 2.04. The lowest BCUT2D eigenvalue weighted by Crippen LogP contribution is -2.14. The molecule has 100 valence electrons. The molecule has 2 N–H and O–H groups in total. The molecule has 0 aliphatic heterocycles. The van der Waals surface area contributed by atoms with Gasteiger partial charge in [-0.2, -0.15) is 0 Å². The number of halogens is 1. The van der Waals surface area contributed by atoms with E-state index in [0.29, 0.717) is 0 Å². The molecule has 0 atom stereocenters. The third-order valence-electron chi connectivity index (χ3n) is 3.16. The quantitative estimate of drug-likeness (QED) is 0.883. The van der Waals surface area contributed by atoms with Gasteiger partial charge in [-0.3, -0.25) is 0 Å². The van der Waals surface area contributed by atoms with E-state index >= 15 is 0 Å². The standard InChI is InChI=1S/C16H18BrNO/c1-12-8-13(6-7-16(12)17)9-18-10-14-4-2-3-5-15(14)11-19/h2-8,18-19H,9-11H2,1H3. The molecule has 19 heavy (non-hydrogen) atoms. The summed E-state index contributed by atoms with van der Waals surface area (Å²) >= 11 is 3.50. The highest BCUT2D eigenvalue weighted by atomic mass is 79.9. The molecule has 0 saturated heterocycles. The van der Waals surface area contributed by atoms with Crippen LogP contribution >= 0.6 is 15.9 Å². The van der Waals surface area contributed by atoms with E-state index in [0.717, 1.165) is 28.7 Å². The van der Waals surface area contributed by atoms with Crippen molar-refractivity contribution in [2.24, 2.45) is 0 Å². The van der Waals surface area contributed by atoms with Gasteiger partial charge < -0.3 is 10.4 Å². The Labute approximate surface area is 122 Å². The summed E-state index contributed by atoms with van der Waals surface area (Å²) in [6, 6.07) is 14.3. The average Bonchev–Trinajstić information content (AvgIpc) is 2.43. The van der Waals surface area contributed by atoms with E-state index in [2.05, 4.69) is 46.4 Å². The molecule has 0 aliphatic rings. The highest BCUT2D eigenvalue weighted by Gasteiger charge is 2.01. The molecule has 0 saturated carbocycles. The second-order valence-electron chi connectivity index (χ2n) is 4.61. The molecule has 0 aliphatic carbocycles. The Hall–Kier alpha value is -1.16. The SMILES string of the molecule is Cc1cc(CNCc2ccccc2CO)ccc1Br. The van der Waals surface area contributed by atoms with Crippen LogP contribution in [0.25, 0.3) is 0 Å². The van der Waals surface area contributed by atoms with Crippen LogP contribution in [0.1, 0.15) is 22.3 Å². The van der Waals surface area contributed by atoms with Crippen LogP contribution in [0.15, 0.2) is 46.9 Å². The van der Waals surface area contributed by atoms with Gasteiger partial charge in [0.2, 0.25) is 0 Å². The van der Waals surface area contributed by atoms with Gasteiger partial charge in [-0.25, -0.2) is 0 Å². The summed E-state index contributed by atoms with van der Waals surface area (Å²) in [5, 5.41) is 12.7. The molecule has 0 amide bonds. The first kappa shape index (κ1) is 14.3. The Morgan fingerprint density at radius 3 is 2.47 bits per heavy atom. The van der Waals surface area contributed by atoms with Crippen LogP contribution in [-0.2, 0) is 19.7 Å².